The van der Waals surface area contributed by atoms with Gasteiger partial charge in [-0.05, 0) is 31.9 Å². The molecule has 1 heterocycles. The van der Waals surface area contributed by atoms with Crippen molar-refractivity contribution in [2.75, 3.05) is 6.54 Å². The van der Waals surface area contributed by atoms with Crippen molar-refractivity contribution in [3.63, 3.8) is 0 Å². The average molecular weight is 300 g/mol. The van der Waals surface area contributed by atoms with Gasteiger partial charge in [0.2, 0.25) is 5.91 Å². The summed E-state index contributed by atoms with van der Waals surface area (Å²) in [6.07, 6.45) is 4.88. The molecule has 0 unspecified atom stereocenters. The molecule has 1 saturated carbocycles. The lowest BCUT2D eigenvalue weighted by molar-refractivity contribution is -0.127. The molecule has 2 aromatic rings. The lowest BCUT2D eigenvalue weighted by atomic mass is 9.82. The van der Waals surface area contributed by atoms with Gasteiger partial charge in [0.15, 0.2) is 0 Å². The summed E-state index contributed by atoms with van der Waals surface area (Å²) in [5, 5.41) is 3.01. The second kappa shape index (κ2) is 6.08. The Bertz CT molecular complexity index is 670. The van der Waals surface area contributed by atoms with E-state index < -0.39 is 5.54 Å². The van der Waals surface area contributed by atoms with Crippen LogP contribution in [0.15, 0.2) is 24.3 Å². The summed E-state index contributed by atoms with van der Waals surface area (Å²) in [6, 6.07) is 8.06. The predicted molar refractivity (Wildman–Crippen MR) is 87.5 cm³/mol. The number of para-hydroxylation sites is 2. The lowest BCUT2D eigenvalue weighted by Gasteiger charge is -2.31. The zero-order valence-corrected chi connectivity index (χ0v) is 13.1. The van der Waals surface area contributed by atoms with E-state index >= 15 is 0 Å². The second-order valence-electron chi connectivity index (χ2n) is 6.27. The molecule has 0 spiro atoms. The maximum absolute atomic E-state index is 12.3. The van der Waals surface area contributed by atoms with Gasteiger partial charge in [-0.1, -0.05) is 31.4 Å². The van der Waals surface area contributed by atoms with Crippen molar-refractivity contribution in [2.24, 2.45) is 5.73 Å². The fourth-order valence-corrected chi connectivity index (χ4v) is 3.35. The maximum atomic E-state index is 12.3. The zero-order chi connectivity index (χ0) is 15.6. The highest BCUT2D eigenvalue weighted by Gasteiger charge is 2.34. The molecule has 1 amide bonds. The van der Waals surface area contributed by atoms with Crippen molar-refractivity contribution in [3.05, 3.63) is 30.1 Å². The third kappa shape index (κ3) is 2.86. The van der Waals surface area contributed by atoms with Gasteiger partial charge in [-0.15, -0.1) is 0 Å². The topological polar surface area (TPSA) is 72.9 Å². The molecule has 3 N–H and O–H groups in total. The minimum Gasteiger partial charge on any atom is -0.353 e. The first-order valence-corrected chi connectivity index (χ1v) is 8.09. The van der Waals surface area contributed by atoms with Gasteiger partial charge in [0.25, 0.3) is 0 Å². The van der Waals surface area contributed by atoms with Gasteiger partial charge in [0.1, 0.15) is 5.82 Å². The standard InChI is InChI=1S/C17H24N4O/c1-13-20-14-7-3-4-8-15(14)21(13)12-11-19-16(22)17(18)9-5-2-6-10-17/h3-4,7-8H,2,5-6,9-12,18H2,1H3,(H,19,22). The fraction of sp³-hybridized carbons (Fsp3) is 0.529. The molecule has 1 aliphatic rings. The third-order valence-corrected chi connectivity index (χ3v) is 4.66. The van der Waals surface area contributed by atoms with Crippen LogP contribution < -0.4 is 11.1 Å². The molecule has 0 saturated heterocycles. The van der Waals surface area contributed by atoms with Crippen LogP contribution in [-0.4, -0.2) is 27.5 Å². The molecule has 1 fully saturated rings. The third-order valence-electron chi connectivity index (χ3n) is 4.66. The molecular formula is C17H24N4O. The SMILES string of the molecule is Cc1nc2ccccc2n1CCNC(=O)C1(N)CCCCC1. The Balaban J connectivity index is 1.62. The van der Waals surface area contributed by atoms with Crippen LogP contribution in [0.5, 0.6) is 0 Å². The number of hydrogen-bond acceptors (Lipinski definition) is 3. The van der Waals surface area contributed by atoms with E-state index in [-0.39, 0.29) is 5.91 Å². The van der Waals surface area contributed by atoms with Gasteiger partial charge in [-0.25, -0.2) is 4.98 Å². The molecular weight excluding hydrogens is 276 g/mol. The van der Waals surface area contributed by atoms with E-state index in [4.69, 9.17) is 5.73 Å². The van der Waals surface area contributed by atoms with Crippen LogP contribution >= 0.6 is 0 Å². The molecule has 1 aliphatic carbocycles. The van der Waals surface area contributed by atoms with Gasteiger partial charge in [-0.3, -0.25) is 4.79 Å². The Morgan fingerprint density at radius 2 is 2.05 bits per heavy atom. The Hall–Kier alpha value is -1.88. The van der Waals surface area contributed by atoms with E-state index in [0.29, 0.717) is 13.1 Å². The minimum absolute atomic E-state index is 0.00530. The quantitative estimate of drug-likeness (QED) is 0.908. The van der Waals surface area contributed by atoms with Gasteiger partial charge < -0.3 is 15.6 Å². The summed E-state index contributed by atoms with van der Waals surface area (Å²) in [5.74, 6) is 0.963. The minimum atomic E-state index is -0.662. The highest BCUT2D eigenvalue weighted by molar-refractivity contribution is 5.86. The molecule has 1 aromatic heterocycles. The van der Waals surface area contributed by atoms with Gasteiger partial charge >= 0.3 is 0 Å². The van der Waals surface area contributed by atoms with E-state index in [1.807, 2.05) is 25.1 Å². The number of imidazole rings is 1. The number of nitrogens with two attached hydrogens (primary N) is 1. The van der Waals surface area contributed by atoms with Crippen LogP contribution in [-0.2, 0) is 11.3 Å². The van der Waals surface area contributed by atoms with Crippen molar-refractivity contribution in [3.8, 4) is 0 Å². The van der Waals surface area contributed by atoms with Crippen LogP contribution in [0.4, 0.5) is 0 Å². The normalized spacial score (nSPS) is 17.5. The number of hydrogen-bond donors (Lipinski definition) is 2. The number of carbonyl (C=O) groups excluding carboxylic acids is 1. The number of fused-ring (bicyclic) bond motifs is 1. The molecule has 1 aromatic carbocycles. The Kier molecular flexibility index (Phi) is 4.16. The van der Waals surface area contributed by atoms with Gasteiger partial charge in [0.05, 0.1) is 16.6 Å². The van der Waals surface area contributed by atoms with E-state index in [1.165, 1.54) is 6.42 Å². The van der Waals surface area contributed by atoms with Gasteiger partial charge in [-0.2, -0.15) is 0 Å². The summed E-state index contributed by atoms with van der Waals surface area (Å²) < 4.78 is 2.14. The van der Waals surface area contributed by atoms with Crippen LogP contribution in [0.1, 0.15) is 37.9 Å². The fourth-order valence-electron chi connectivity index (χ4n) is 3.35. The summed E-state index contributed by atoms with van der Waals surface area (Å²) in [6.45, 7) is 3.29. The molecule has 3 rings (SSSR count). The van der Waals surface area contributed by atoms with Crippen LogP contribution in [0.2, 0.25) is 0 Å². The first kappa shape index (κ1) is 15.0. The molecule has 5 nitrogen and oxygen atoms in total. The van der Waals surface area contributed by atoms with E-state index in [0.717, 1.165) is 42.5 Å². The Labute approximate surface area is 130 Å². The summed E-state index contributed by atoms with van der Waals surface area (Å²) in [7, 11) is 0. The number of aromatic nitrogens is 2. The largest absolute Gasteiger partial charge is 0.353 e. The monoisotopic (exact) mass is 300 g/mol. The number of amides is 1. The summed E-state index contributed by atoms with van der Waals surface area (Å²) >= 11 is 0. The highest BCUT2D eigenvalue weighted by Crippen LogP contribution is 2.25. The molecule has 22 heavy (non-hydrogen) atoms. The molecule has 0 atom stereocenters. The number of rotatable bonds is 4. The molecule has 0 radical (unpaired) electrons. The lowest BCUT2D eigenvalue weighted by Crippen LogP contribution is -2.55. The van der Waals surface area contributed by atoms with Crippen LogP contribution in [0.25, 0.3) is 11.0 Å². The Morgan fingerprint density at radius 1 is 1.32 bits per heavy atom. The van der Waals surface area contributed by atoms with Crippen LogP contribution in [0.3, 0.4) is 0 Å². The number of nitrogens with one attached hydrogen (secondary N) is 1. The Morgan fingerprint density at radius 3 is 2.82 bits per heavy atom. The van der Waals surface area contributed by atoms with E-state index in [9.17, 15) is 4.79 Å². The summed E-state index contributed by atoms with van der Waals surface area (Å²) in [4.78, 5) is 16.9. The predicted octanol–water partition coefficient (Wildman–Crippen LogP) is 2.12. The highest BCUT2D eigenvalue weighted by atomic mass is 16.2. The van der Waals surface area contributed by atoms with Crippen molar-refractivity contribution in [1.29, 1.82) is 0 Å². The zero-order valence-electron chi connectivity index (χ0n) is 13.1. The van der Waals surface area contributed by atoms with Gasteiger partial charge in [0, 0.05) is 13.1 Å². The smallest absolute Gasteiger partial charge is 0.240 e. The van der Waals surface area contributed by atoms with Crippen molar-refractivity contribution in [1.82, 2.24) is 14.9 Å². The molecule has 118 valence electrons. The van der Waals surface area contributed by atoms with E-state index in [2.05, 4.69) is 20.9 Å². The first-order chi connectivity index (χ1) is 10.6. The van der Waals surface area contributed by atoms with Crippen molar-refractivity contribution < 1.29 is 4.79 Å². The average Bonchev–Trinajstić information content (AvgIpc) is 2.84. The number of nitrogens with zero attached hydrogens (tertiary/aromatic N) is 2. The molecule has 0 aliphatic heterocycles. The first-order valence-electron chi connectivity index (χ1n) is 8.09. The van der Waals surface area contributed by atoms with E-state index in [1.54, 1.807) is 0 Å². The number of aryl methyl sites for hydroxylation is 1. The second-order valence-corrected chi connectivity index (χ2v) is 6.27. The van der Waals surface area contributed by atoms with Crippen LogP contribution in [0, 0.1) is 6.92 Å². The summed E-state index contributed by atoms with van der Waals surface area (Å²) in [5.41, 5.74) is 7.69. The van der Waals surface area contributed by atoms with Crippen molar-refractivity contribution >= 4 is 16.9 Å². The number of carbonyl (C=O) groups is 1. The van der Waals surface area contributed by atoms with Crippen molar-refractivity contribution in [2.45, 2.75) is 51.1 Å². The number of benzene rings is 1. The maximum Gasteiger partial charge on any atom is 0.240 e. The molecule has 0 bridgehead atoms. The molecule has 5 heteroatoms.